The molecule has 0 radical (unpaired) electrons. The molecule has 3 N–H and O–H groups in total. The Morgan fingerprint density at radius 2 is 2.08 bits per heavy atom. The molecule has 2 saturated heterocycles. The van der Waals surface area contributed by atoms with Crippen LogP contribution >= 0.6 is 0 Å². The van der Waals surface area contributed by atoms with Gasteiger partial charge in [0.05, 0.1) is 25.4 Å². The number of aliphatic imine (C=N–C) groups is 1. The number of fused-ring (bicyclic) bond motifs is 2. The van der Waals surface area contributed by atoms with E-state index in [4.69, 9.17) is 9.47 Å². The minimum atomic E-state index is -0.109. The highest BCUT2D eigenvalue weighted by molar-refractivity contribution is 5.85. The van der Waals surface area contributed by atoms with Crippen molar-refractivity contribution in [3.05, 3.63) is 29.8 Å². The Kier molecular flexibility index (Phi) is 6.33. The van der Waals surface area contributed by atoms with E-state index in [1.807, 2.05) is 31.2 Å². The van der Waals surface area contributed by atoms with Crippen molar-refractivity contribution in [3.63, 3.8) is 0 Å². The monoisotopic (exact) mass is 360 g/mol. The fourth-order valence-corrected chi connectivity index (χ4v) is 3.44. The van der Waals surface area contributed by atoms with Gasteiger partial charge in [-0.25, -0.2) is 4.99 Å². The number of hydrogen-bond acceptors (Lipinski definition) is 4. The van der Waals surface area contributed by atoms with Gasteiger partial charge in [0.25, 0.3) is 0 Å². The van der Waals surface area contributed by atoms with E-state index in [1.54, 1.807) is 7.11 Å². The largest absolute Gasteiger partial charge is 0.497 e. The third-order valence-electron chi connectivity index (χ3n) is 4.80. The summed E-state index contributed by atoms with van der Waals surface area (Å²) in [7, 11) is 1.63. The molecule has 26 heavy (non-hydrogen) atoms. The summed E-state index contributed by atoms with van der Waals surface area (Å²) in [6, 6.07) is 7.91. The quantitative estimate of drug-likeness (QED) is 0.502. The van der Waals surface area contributed by atoms with Crippen molar-refractivity contribution in [1.82, 2.24) is 16.0 Å². The molecule has 0 saturated carbocycles. The van der Waals surface area contributed by atoms with E-state index in [1.165, 1.54) is 0 Å². The van der Waals surface area contributed by atoms with Crippen LogP contribution in [0, 0.1) is 0 Å². The van der Waals surface area contributed by atoms with E-state index in [0.717, 1.165) is 37.1 Å². The lowest BCUT2D eigenvalue weighted by atomic mass is 9.96. The summed E-state index contributed by atoms with van der Waals surface area (Å²) in [5, 5.41) is 9.50. The molecule has 2 aliphatic rings. The predicted octanol–water partition coefficient (Wildman–Crippen LogP) is 1.19. The lowest BCUT2D eigenvalue weighted by Gasteiger charge is -2.22. The second-order valence-electron chi connectivity index (χ2n) is 6.68. The smallest absolute Gasteiger partial charge is 0.242 e. The second-order valence-corrected chi connectivity index (χ2v) is 6.68. The van der Waals surface area contributed by atoms with Gasteiger partial charge >= 0.3 is 0 Å². The predicted molar refractivity (Wildman–Crippen MR) is 100 cm³/mol. The molecule has 3 atom stereocenters. The molecule has 2 heterocycles. The number of hydrogen-bond donors (Lipinski definition) is 3. The second kappa shape index (κ2) is 8.89. The van der Waals surface area contributed by atoms with E-state index in [2.05, 4.69) is 20.9 Å². The van der Waals surface area contributed by atoms with Gasteiger partial charge in [-0.3, -0.25) is 4.79 Å². The zero-order valence-corrected chi connectivity index (χ0v) is 15.5. The maximum absolute atomic E-state index is 12.1. The third-order valence-corrected chi connectivity index (χ3v) is 4.80. The molecule has 1 aromatic carbocycles. The van der Waals surface area contributed by atoms with Crippen LogP contribution in [0.5, 0.6) is 5.75 Å². The van der Waals surface area contributed by atoms with Gasteiger partial charge in [0.1, 0.15) is 12.3 Å². The number of nitrogens with zero attached hydrogens (tertiary/aromatic N) is 1. The molecule has 2 fully saturated rings. The molecule has 2 aliphatic heterocycles. The zero-order valence-electron chi connectivity index (χ0n) is 15.5. The highest BCUT2D eigenvalue weighted by atomic mass is 16.5. The summed E-state index contributed by atoms with van der Waals surface area (Å²) in [5.41, 5.74) is 1.02. The first-order chi connectivity index (χ1) is 12.7. The molecular formula is C19H28N4O3. The average molecular weight is 360 g/mol. The lowest BCUT2D eigenvalue weighted by Crippen LogP contribution is -2.47. The summed E-state index contributed by atoms with van der Waals surface area (Å²) in [4.78, 5) is 16.5. The standard InChI is InChI=1S/C19H28N4O3/c1-3-20-19(23-16-10-15-8-9-17(16)26-15)22-12-18(24)21-11-13-4-6-14(25-2)7-5-13/h4-7,15-17H,3,8-12H2,1-2H3,(H,21,24)(H2,20,22,23). The van der Waals surface area contributed by atoms with Crippen LogP contribution in [-0.4, -0.2) is 50.3 Å². The van der Waals surface area contributed by atoms with Crippen molar-refractivity contribution < 1.29 is 14.3 Å². The van der Waals surface area contributed by atoms with Crippen molar-refractivity contribution in [3.8, 4) is 5.75 Å². The number of benzene rings is 1. The normalized spacial score (nSPS) is 24.4. The molecule has 3 unspecified atom stereocenters. The van der Waals surface area contributed by atoms with Crippen LogP contribution in [0.4, 0.5) is 0 Å². The molecule has 0 spiro atoms. The van der Waals surface area contributed by atoms with Gasteiger partial charge in [-0.05, 0) is 43.9 Å². The first-order valence-electron chi connectivity index (χ1n) is 9.28. The van der Waals surface area contributed by atoms with E-state index in [9.17, 15) is 4.79 Å². The Morgan fingerprint density at radius 1 is 1.27 bits per heavy atom. The van der Waals surface area contributed by atoms with Crippen LogP contribution in [0.1, 0.15) is 31.7 Å². The van der Waals surface area contributed by atoms with Crippen LogP contribution < -0.4 is 20.7 Å². The van der Waals surface area contributed by atoms with Crippen molar-refractivity contribution >= 4 is 11.9 Å². The highest BCUT2D eigenvalue weighted by Crippen LogP contribution is 2.34. The fourth-order valence-electron chi connectivity index (χ4n) is 3.44. The number of rotatable bonds is 7. The number of nitrogens with one attached hydrogen (secondary N) is 3. The van der Waals surface area contributed by atoms with Gasteiger partial charge in [-0.1, -0.05) is 12.1 Å². The Hall–Kier alpha value is -2.28. The first-order valence-corrected chi connectivity index (χ1v) is 9.28. The Labute approximate surface area is 154 Å². The molecule has 1 aromatic rings. The summed E-state index contributed by atoms with van der Waals surface area (Å²) < 4.78 is 11.0. The highest BCUT2D eigenvalue weighted by Gasteiger charge is 2.41. The number of methoxy groups -OCH3 is 1. The topological polar surface area (TPSA) is 84.0 Å². The third kappa shape index (κ3) is 4.88. The molecule has 1 amide bonds. The van der Waals surface area contributed by atoms with Crippen molar-refractivity contribution in [2.75, 3.05) is 20.2 Å². The number of amides is 1. The zero-order chi connectivity index (χ0) is 18.4. The fraction of sp³-hybridized carbons (Fsp3) is 0.579. The Morgan fingerprint density at radius 3 is 2.69 bits per heavy atom. The molecule has 0 aliphatic carbocycles. The van der Waals surface area contributed by atoms with Crippen molar-refractivity contribution in [2.45, 2.75) is 51.0 Å². The van der Waals surface area contributed by atoms with E-state index in [0.29, 0.717) is 18.6 Å². The minimum absolute atomic E-state index is 0.0904. The summed E-state index contributed by atoms with van der Waals surface area (Å²) in [5.74, 6) is 1.37. The maximum Gasteiger partial charge on any atom is 0.242 e. The van der Waals surface area contributed by atoms with Crippen LogP contribution in [0.2, 0.25) is 0 Å². The van der Waals surface area contributed by atoms with Gasteiger partial charge in [0.15, 0.2) is 5.96 Å². The summed E-state index contributed by atoms with van der Waals surface area (Å²) in [6.07, 6.45) is 3.92. The van der Waals surface area contributed by atoms with Crippen LogP contribution in [-0.2, 0) is 16.1 Å². The van der Waals surface area contributed by atoms with Crippen LogP contribution in [0.3, 0.4) is 0 Å². The number of guanidine groups is 1. The van der Waals surface area contributed by atoms with Gasteiger partial charge in [-0.15, -0.1) is 0 Å². The Bertz CT molecular complexity index is 632. The van der Waals surface area contributed by atoms with Crippen molar-refractivity contribution in [1.29, 1.82) is 0 Å². The van der Waals surface area contributed by atoms with Gasteiger partial charge < -0.3 is 25.4 Å². The number of carbonyl (C=O) groups is 1. The first kappa shape index (κ1) is 18.5. The van der Waals surface area contributed by atoms with Crippen LogP contribution in [0.25, 0.3) is 0 Å². The summed E-state index contributed by atoms with van der Waals surface area (Å²) >= 11 is 0. The molecule has 2 bridgehead atoms. The molecule has 7 heteroatoms. The van der Waals surface area contributed by atoms with Gasteiger partial charge in [0.2, 0.25) is 5.91 Å². The van der Waals surface area contributed by atoms with Gasteiger partial charge in [0, 0.05) is 13.1 Å². The van der Waals surface area contributed by atoms with E-state index >= 15 is 0 Å². The number of ether oxygens (including phenoxy) is 2. The SMILES string of the molecule is CCNC(=NCC(=O)NCc1ccc(OC)cc1)NC1CC2CCC1O2. The van der Waals surface area contributed by atoms with E-state index < -0.39 is 0 Å². The molecule has 142 valence electrons. The minimum Gasteiger partial charge on any atom is -0.497 e. The lowest BCUT2D eigenvalue weighted by molar-refractivity contribution is -0.119. The summed E-state index contributed by atoms with van der Waals surface area (Å²) in [6.45, 7) is 3.33. The van der Waals surface area contributed by atoms with Gasteiger partial charge in [-0.2, -0.15) is 0 Å². The molecule has 3 rings (SSSR count). The van der Waals surface area contributed by atoms with Crippen molar-refractivity contribution in [2.24, 2.45) is 4.99 Å². The van der Waals surface area contributed by atoms with E-state index in [-0.39, 0.29) is 24.6 Å². The molecule has 7 nitrogen and oxygen atoms in total. The van der Waals surface area contributed by atoms with Crippen LogP contribution in [0.15, 0.2) is 29.3 Å². The molecular weight excluding hydrogens is 332 g/mol. The number of carbonyl (C=O) groups excluding carboxylic acids is 1. The Balaban J connectivity index is 1.46. The maximum atomic E-state index is 12.1. The molecule has 0 aromatic heterocycles. The average Bonchev–Trinajstić information content (AvgIpc) is 3.28.